The zero-order valence-corrected chi connectivity index (χ0v) is 22.6. The average molecular weight is 558 g/mol. The molecule has 0 radical (unpaired) electrons. The Morgan fingerprint density at radius 1 is 1.05 bits per heavy atom. The van der Waals surface area contributed by atoms with E-state index in [-0.39, 0.29) is 16.8 Å². The lowest BCUT2D eigenvalue weighted by molar-refractivity contribution is 0.102. The van der Waals surface area contributed by atoms with Crippen LogP contribution in [0.3, 0.4) is 0 Å². The summed E-state index contributed by atoms with van der Waals surface area (Å²) in [7, 11) is -3.03. The second-order valence-corrected chi connectivity index (χ2v) is 11.9. The number of hydrogen-bond acceptors (Lipinski definition) is 6. The number of carbonyl (C=O) groups is 2. The monoisotopic (exact) mass is 557 g/mol. The Morgan fingerprint density at radius 3 is 2.47 bits per heavy atom. The second kappa shape index (κ2) is 12.5. The SMILES string of the molecule is CS(O)(O)c1cnc(N2CCC(CNC(=O)NCc3ccccc3)CC2)c(NC(=O)c2cccc(Cl)c2)c1. The van der Waals surface area contributed by atoms with Gasteiger partial charge in [0.2, 0.25) is 0 Å². The van der Waals surface area contributed by atoms with Gasteiger partial charge in [0.15, 0.2) is 5.82 Å². The highest BCUT2D eigenvalue weighted by Gasteiger charge is 2.24. The van der Waals surface area contributed by atoms with E-state index in [0.717, 1.165) is 18.4 Å². The van der Waals surface area contributed by atoms with Crippen molar-refractivity contribution in [1.29, 1.82) is 0 Å². The predicted octanol–water partition coefficient (Wildman–Crippen LogP) is 5.44. The summed E-state index contributed by atoms with van der Waals surface area (Å²) in [6.07, 6.45) is 4.41. The van der Waals surface area contributed by atoms with Gasteiger partial charge in [-0.1, -0.05) is 48.0 Å². The summed E-state index contributed by atoms with van der Waals surface area (Å²) in [6.45, 7) is 2.38. The van der Waals surface area contributed by atoms with Crippen LogP contribution in [0.25, 0.3) is 0 Å². The van der Waals surface area contributed by atoms with Crippen LogP contribution in [0.4, 0.5) is 16.3 Å². The van der Waals surface area contributed by atoms with Gasteiger partial charge in [-0.05, 0) is 48.6 Å². The molecule has 3 amide bonds. The van der Waals surface area contributed by atoms with Gasteiger partial charge in [0.1, 0.15) is 0 Å². The lowest BCUT2D eigenvalue weighted by atomic mass is 9.96. The van der Waals surface area contributed by atoms with E-state index in [1.54, 1.807) is 30.3 Å². The molecule has 1 aliphatic rings. The van der Waals surface area contributed by atoms with Crippen LogP contribution in [-0.4, -0.2) is 51.9 Å². The number of benzene rings is 2. The molecule has 0 bridgehead atoms. The molecule has 1 saturated heterocycles. The van der Waals surface area contributed by atoms with Gasteiger partial charge >= 0.3 is 6.03 Å². The van der Waals surface area contributed by atoms with E-state index in [2.05, 4.69) is 25.8 Å². The lowest BCUT2D eigenvalue weighted by Gasteiger charge is -2.35. The zero-order valence-electron chi connectivity index (χ0n) is 21.1. The molecule has 202 valence electrons. The molecule has 0 unspecified atom stereocenters. The minimum atomic E-state index is -3.03. The molecule has 9 nitrogen and oxygen atoms in total. The third-order valence-electron chi connectivity index (χ3n) is 6.38. The molecule has 1 aliphatic heterocycles. The van der Waals surface area contributed by atoms with E-state index in [0.29, 0.717) is 54.2 Å². The quantitative estimate of drug-likeness (QED) is 0.251. The molecule has 3 aromatic rings. The Morgan fingerprint density at radius 2 is 1.79 bits per heavy atom. The topological polar surface area (TPSA) is 127 Å². The Bertz CT molecular complexity index is 1260. The van der Waals surface area contributed by atoms with Crippen molar-refractivity contribution in [1.82, 2.24) is 15.6 Å². The van der Waals surface area contributed by atoms with Gasteiger partial charge in [-0.15, -0.1) is 0 Å². The molecular formula is C27H32ClN5O4S. The summed E-state index contributed by atoms with van der Waals surface area (Å²) in [5.41, 5.74) is 1.82. The molecule has 38 heavy (non-hydrogen) atoms. The molecule has 0 atom stereocenters. The third kappa shape index (κ3) is 7.61. The minimum Gasteiger partial charge on any atom is -0.355 e. The summed E-state index contributed by atoms with van der Waals surface area (Å²) in [5.74, 6) is 0.487. The van der Waals surface area contributed by atoms with Crippen molar-refractivity contribution < 1.29 is 18.7 Å². The maximum atomic E-state index is 12.9. The van der Waals surface area contributed by atoms with Crippen LogP contribution in [0.5, 0.6) is 0 Å². The van der Waals surface area contributed by atoms with E-state index < -0.39 is 10.6 Å². The normalized spacial score (nSPS) is 14.6. The van der Waals surface area contributed by atoms with Crippen molar-refractivity contribution in [2.24, 2.45) is 5.92 Å². The molecule has 4 rings (SSSR count). The zero-order chi connectivity index (χ0) is 27.1. The molecule has 0 saturated carbocycles. The second-order valence-electron chi connectivity index (χ2n) is 9.32. The van der Waals surface area contributed by atoms with E-state index >= 15 is 0 Å². The number of nitrogens with zero attached hydrogens (tertiary/aromatic N) is 2. The molecule has 0 aliphatic carbocycles. The predicted molar refractivity (Wildman–Crippen MR) is 152 cm³/mol. The summed E-state index contributed by atoms with van der Waals surface area (Å²) in [5, 5.41) is 9.14. The van der Waals surface area contributed by atoms with Gasteiger partial charge in [-0.25, -0.2) is 9.78 Å². The molecule has 11 heteroatoms. The van der Waals surface area contributed by atoms with Crippen molar-refractivity contribution in [3.8, 4) is 0 Å². The number of pyridine rings is 1. The van der Waals surface area contributed by atoms with E-state index in [4.69, 9.17) is 11.6 Å². The largest absolute Gasteiger partial charge is 0.355 e. The van der Waals surface area contributed by atoms with E-state index in [1.807, 2.05) is 30.3 Å². The van der Waals surface area contributed by atoms with Crippen LogP contribution in [-0.2, 0) is 6.54 Å². The van der Waals surface area contributed by atoms with E-state index in [9.17, 15) is 18.7 Å². The molecule has 0 spiro atoms. The molecule has 1 aromatic heterocycles. The van der Waals surface area contributed by atoms with Crippen LogP contribution < -0.4 is 20.9 Å². The average Bonchev–Trinajstić information content (AvgIpc) is 2.91. The van der Waals surface area contributed by atoms with Crippen LogP contribution >= 0.6 is 22.2 Å². The summed E-state index contributed by atoms with van der Waals surface area (Å²) < 4.78 is 20.3. The van der Waals surface area contributed by atoms with Gasteiger partial charge < -0.3 is 20.9 Å². The number of rotatable bonds is 8. The van der Waals surface area contributed by atoms with Crippen LogP contribution in [0.15, 0.2) is 71.8 Å². The van der Waals surface area contributed by atoms with Gasteiger partial charge in [-0.2, -0.15) is 10.6 Å². The Kier molecular flexibility index (Phi) is 9.11. The summed E-state index contributed by atoms with van der Waals surface area (Å²) in [4.78, 5) is 31.9. The fourth-order valence-corrected chi connectivity index (χ4v) is 5.03. The first-order valence-electron chi connectivity index (χ1n) is 12.3. The molecule has 1 fully saturated rings. The third-order valence-corrected chi connectivity index (χ3v) is 7.74. The first-order chi connectivity index (χ1) is 18.2. The number of urea groups is 1. The first-order valence-corrected chi connectivity index (χ1v) is 14.6. The molecular weight excluding hydrogens is 526 g/mol. The maximum absolute atomic E-state index is 12.9. The Labute approximate surface area is 229 Å². The van der Waals surface area contributed by atoms with E-state index in [1.165, 1.54) is 12.5 Å². The number of amides is 3. The van der Waals surface area contributed by atoms with Crippen LogP contribution in [0.2, 0.25) is 5.02 Å². The Hall–Kier alpha value is -3.31. The van der Waals surface area contributed by atoms with Crippen LogP contribution in [0.1, 0.15) is 28.8 Å². The highest BCUT2D eigenvalue weighted by atomic mass is 35.5. The van der Waals surface area contributed by atoms with Crippen molar-refractivity contribution in [2.75, 3.05) is 36.1 Å². The van der Waals surface area contributed by atoms with Crippen LogP contribution in [0, 0.1) is 5.92 Å². The standard InChI is InChI=1S/C27H32ClN5O4S/c1-38(36,37)23-15-24(32-26(34)21-8-5-9-22(28)14-21)25(29-18-23)33-12-10-20(11-13-33)17-31-27(35)30-16-19-6-3-2-4-7-19/h2-9,14-15,18,20,36-37H,10-13,16-17H2,1H3,(H,32,34)(H2,30,31,35). The van der Waals surface area contributed by atoms with Gasteiger partial charge in [0.05, 0.1) is 16.8 Å². The molecule has 5 N–H and O–H groups in total. The van der Waals surface area contributed by atoms with Crippen molar-refractivity contribution in [2.45, 2.75) is 24.3 Å². The number of aromatic nitrogens is 1. The number of halogens is 1. The highest BCUT2D eigenvalue weighted by Crippen LogP contribution is 2.45. The summed E-state index contributed by atoms with van der Waals surface area (Å²) >= 11 is 6.04. The van der Waals surface area contributed by atoms with Gasteiger partial charge in [-0.3, -0.25) is 13.9 Å². The lowest BCUT2D eigenvalue weighted by Crippen LogP contribution is -2.42. The minimum absolute atomic E-state index is 0.196. The fourth-order valence-electron chi connectivity index (χ4n) is 4.24. The van der Waals surface area contributed by atoms with Crippen molar-refractivity contribution in [3.05, 3.63) is 83.0 Å². The smallest absolute Gasteiger partial charge is 0.315 e. The molecule has 2 heterocycles. The first kappa shape index (κ1) is 27.7. The summed E-state index contributed by atoms with van der Waals surface area (Å²) in [6, 6.07) is 17.7. The number of carbonyl (C=O) groups excluding carboxylic acids is 2. The number of anilines is 2. The highest BCUT2D eigenvalue weighted by molar-refractivity contribution is 8.23. The number of piperidine rings is 1. The number of hydrogen-bond donors (Lipinski definition) is 5. The molecule has 2 aromatic carbocycles. The van der Waals surface area contributed by atoms with Gasteiger partial charge in [0.25, 0.3) is 5.91 Å². The van der Waals surface area contributed by atoms with Crippen molar-refractivity contribution >= 4 is 45.6 Å². The van der Waals surface area contributed by atoms with Gasteiger partial charge in [0, 0.05) is 43.0 Å². The van der Waals surface area contributed by atoms with Crippen molar-refractivity contribution in [3.63, 3.8) is 0 Å². The maximum Gasteiger partial charge on any atom is 0.315 e. The Balaban J connectivity index is 1.37. The number of nitrogens with one attached hydrogen (secondary N) is 3. The fraction of sp³-hybridized carbons (Fsp3) is 0.296.